The van der Waals surface area contributed by atoms with Crippen LogP contribution in [-0.2, 0) is 6.54 Å². The van der Waals surface area contributed by atoms with E-state index in [2.05, 4.69) is 22.3 Å². The maximum absolute atomic E-state index is 9.61. The molecule has 0 amide bonds. The Labute approximate surface area is 159 Å². The van der Waals surface area contributed by atoms with Crippen molar-refractivity contribution in [3.8, 4) is 22.8 Å². The Kier molecular flexibility index (Phi) is 4.52. The van der Waals surface area contributed by atoms with Crippen LogP contribution in [0.15, 0.2) is 52.5 Å². The van der Waals surface area contributed by atoms with Gasteiger partial charge in [0.2, 0.25) is 5.82 Å². The molecule has 4 aromatic rings. The minimum Gasteiger partial charge on any atom is -0.346 e. The Balaban J connectivity index is 1.76. The second-order valence-electron chi connectivity index (χ2n) is 5.77. The van der Waals surface area contributed by atoms with Crippen LogP contribution >= 0.6 is 11.3 Å². The predicted molar refractivity (Wildman–Crippen MR) is 103 cm³/mol. The molecule has 3 heterocycles. The highest BCUT2D eigenvalue weighted by Crippen LogP contribution is 2.27. The van der Waals surface area contributed by atoms with Gasteiger partial charge < -0.3 is 9.09 Å². The van der Waals surface area contributed by atoms with E-state index in [1.807, 2.05) is 52.5 Å². The summed E-state index contributed by atoms with van der Waals surface area (Å²) in [6, 6.07) is 16.0. The van der Waals surface area contributed by atoms with Crippen LogP contribution in [0.5, 0.6) is 0 Å². The highest BCUT2D eigenvalue weighted by atomic mass is 32.1. The number of hydrogen-bond acceptors (Lipinski definition) is 6. The summed E-state index contributed by atoms with van der Waals surface area (Å²) >= 11 is 1.51. The Morgan fingerprint density at radius 3 is 2.89 bits per heavy atom. The van der Waals surface area contributed by atoms with E-state index < -0.39 is 0 Å². The Hall–Kier alpha value is -3.68. The van der Waals surface area contributed by atoms with Gasteiger partial charge in [0.15, 0.2) is 0 Å². The second-order valence-corrected chi connectivity index (χ2v) is 6.72. The van der Waals surface area contributed by atoms with Gasteiger partial charge in [-0.2, -0.15) is 15.5 Å². The van der Waals surface area contributed by atoms with E-state index in [0.29, 0.717) is 24.4 Å². The number of thiophene rings is 1. The van der Waals surface area contributed by atoms with Crippen LogP contribution in [0.3, 0.4) is 0 Å². The maximum Gasteiger partial charge on any atom is 0.268 e. The Morgan fingerprint density at radius 1 is 1.22 bits per heavy atom. The van der Waals surface area contributed by atoms with Crippen LogP contribution in [0.25, 0.3) is 33.3 Å². The van der Waals surface area contributed by atoms with E-state index in [9.17, 15) is 5.26 Å². The fourth-order valence-corrected chi connectivity index (χ4v) is 3.53. The van der Waals surface area contributed by atoms with Crippen LogP contribution < -0.4 is 0 Å². The van der Waals surface area contributed by atoms with Crippen molar-refractivity contribution in [2.45, 2.75) is 13.0 Å². The number of nitrogens with zero attached hydrogens (tertiary/aromatic N) is 5. The molecule has 4 rings (SSSR count). The SMILES string of the molecule is N#CCCn1cc(/C=C(\C#N)c2nc(-c3cccs3)no2)c2ccccc21. The minimum absolute atomic E-state index is 0.190. The number of hydrogen-bond donors (Lipinski definition) is 0. The van der Waals surface area contributed by atoms with Crippen molar-refractivity contribution < 1.29 is 4.52 Å². The fraction of sp³-hybridized carbons (Fsp3) is 0.100. The number of nitriles is 2. The smallest absolute Gasteiger partial charge is 0.268 e. The van der Waals surface area contributed by atoms with E-state index in [0.717, 1.165) is 21.3 Å². The molecule has 27 heavy (non-hydrogen) atoms. The molecule has 7 heteroatoms. The Bertz CT molecular complexity index is 1200. The summed E-state index contributed by atoms with van der Waals surface area (Å²) in [4.78, 5) is 5.23. The quantitative estimate of drug-likeness (QED) is 0.473. The third-order valence-electron chi connectivity index (χ3n) is 4.10. The van der Waals surface area contributed by atoms with Crippen LogP contribution in [-0.4, -0.2) is 14.7 Å². The van der Waals surface area contributed by atoms with Gasteiger partial charge in [-0.3, -0.25) is 0 Å². The average molecular weight is 371 g/mol. The van der Waals surface area contributed by atoms with E-state index in [1.54, 1.807) is 6.08 Å². The van der Waals surface area contributed by atoms with Crippen molar-refractivity contribution in [3.63, 3.8) is 0 Å². The van der Waals surface area contributed by atoms with Crippen molar-refractivity contribution in [2.75, 3.05) is 0 Å². The summed E-state index contributed by atoms with van der Waals surface area (Å²) in [7, 11) is 0. The topological polar surface area (TPSA) is 91.4 Å². The van der Waals surface area contributed by atoms with Gasteiger partial charge in [0, 0.05) is 29.2 Å². The van der Waals surface area contributed by atoms with Gasteiger partial charge >= 0.3 is 0 Å². The maximum atomic E-state index is 9.61. The van der Waals surface area contributed by atoms with E-state index in [4.69, 9.17) is 9.78 Å². The number of aryl methyl sites for hydroxylation is 1. The van der Waals surface area contributed by atoms with Gasteiger partial charge in [-0.25, -0.2) is 0 Å². The Morgan fingerprint density at radius 2 is 2.11 bits per heavy atom. The van der Waals surface area contributed by atoms with Gasteiger partial charge in [-0.05, 0) is 23.6 Å². The number of rotatable bonds is 5. The number of para-hydroxylation sites is 1. The van der Waals surface area contributed by atoms with Crippen LogP contribution in [0.4, 0.5) is 0 Å². The lowest BCUT2D eigenvalue weighted by Crippen LogP contribution is -1.94. The first kappa shape index (κ1) is 16.8. The van der Waals surface area contributed by atoms with Crippen molar-refractivity contribution in [1.29, 1.82) is 10.5 Å². The predicted octanol–water partition coefficient (Wildman–Crippen LogP) is 4.73. The van der Waals surface area contributed by atoms with Gasteiger partial charge in [0.05, 0.1) is 17.4 Å². The van der Waals surface area contributed by atoms with Gasteiger partial charge in [-0.15, -0.1) is 11.3 Å². The summed E-state index contributed by atoms with van der Waals surface area (Å²) < 4.78 is 7.32. The lowest BCUT2D eigenvalue weighted by atomic mass is 10.1. The zero-order valence-corrected chi connectivity index (χ0v) is 15.0. The molecule has 0 fully saturated rings. The van der Waals surface area contributed by atoms with Crippen molar-refractivity contribution in [1.82, 2.24) is 14.7 Å². The molecule has 0 saturated heterocycles. The monoisotopic (exact) mass is 371 g/mol. The summed E-state index contributed by atoms with van der Waals surface area (Å²) in [6.45, 7) is 0.593. The molecule has 6 nitrogen and oxygen atoms in total. The van der Waals surface area contributed by atoms with E-state index in [1.165, 1.54) is 11.3 Å². The van der Waals surface area contributed by atoms with E-state index in [-0.39, 0.29) is 5.89 Å². The van der Waals surface area contributed by atoms with Gasteiger partial charge in [-0.1, -0.05) is 29.4 Å². The molecule has 0 aliphatic heterocycles. The molecule has 3 aromatic heterocycles. The third-order valence-corrected chi connectivity index (χ3v) is 4.97. The van der Waals surface area contributed by atoms with E-state index >= 15 is 0 Å². The molecule has 130 valence electrons. The van der Waals surface area contributed by atoms with Crippen LogP contribution in [0, 0.1) is 22.7 Å². The molecular formula is C20H13N5OS. The molecule has 0 unspecified atom stereocenters. The molecule has 0 bridgehead atoms. The summed E-state index contributed by atoms with van der Waals surface area (Å²) in [5.74, 6) is 0.660. The highest BCUT2D eigenvalue weighted by Gasteiger charge is 2.15. The standard InChI is InChI=1S/C20H13N5OS/c21-8-4-9-25-13-15(16-5-1-2-6-17(16)25)11-14(12-22)20-23-19(24-26-20)18-7-3-10-27-18/h1-3,5-7,10-11,13H,4,9H2/b14-11+. The molecule has 1 aromatic carbocycles. The summed E-state index contributed by atoms with van der Waals surface area (Å²) in [5, 5.41) is 25.4. The largest absolute Gasteiger partial charge is 0.346 e. The third kappa shape index (κ3) is 3.24. The summed E-state index contributed by atoms with van der Waals surface area (Å²) in [6.07, 6.45) is 4.10. The molecular weight excluding hydrogens is 358 g/mol. The molecule has 0 radical (unpaired) electrons. The first-order chi connectivity index (χ1) is 13.3. The average Bonchev–Trinajstić information content (AvgIpc) is 3.44. The second kappa shape index (κ2) is 7.28. The van der Waals surface area contributed by atoms with Gasteiger partial charge in [0.1, 0.15) is 11.6 Å². The molecule has 0 aliphatic carbocycles. The van der Waals surface area contributed by atoms with Gasteiger partial charge in [0.25, 0.3) is 5.89 Å². The van der Waals surface area contributed by atoms with Crippen molar-refractivity contribution >= 4 is 33.9 Å². The zero-order valence-electron chi connectivity index (χ0n) is 14.2. The molecule has 0 spiro atoms. The summed E-state index contributed by atoms with van der Waals surface area (Å²) in [5.41, 5.74) is 2.19. The van der Waals surface area contributed by atoms with Crippen LogP contribution in [0.1, 0.15) is 17.9 Å². The fourth-order valence-electron chi connectivity index (χ4n) is 2.88. The number of fused-ring (bicyclic) bond motifs is 1. The molecule has 0 N–H and O–H groups in total. The lowest BCUT2D eigenvalue weighted by Gasteiger charge is -2.00. The van der Waals surface area contributed by atoms with Crippen LogP contribution in [0.2, 0.25) is 0 Å². The number of aromatic nitrogens is 3. The molecule has 0 saturated carbocycles. The highest BCUT2D eigenvalue weighted by molar-refractivity contribution is 7.13. The molecule has 0 atom stereocenters. The zero-order chi connectivity index (χ0) is 18.6. The first-order valence-electron chi connectivity index (χ1n) is 8.24. The molecule has 0 aliphatic rings. The first-order valence-corrected chi connectivity index (χ1v) is 9.12. The lowest BCUT2D eigenvalue weighted by molar-refractivity contribution is 0.409. The number of benzene rings is 1. The normalized spacial score (nSPS) is 11.4. The van der Waals surface area contributed by atoms with Crippen molar-refractivity contribution in [2.24, 2.45) is 0 Å². The van der Waals surface area contributed by atoms with Crippen molar-refractivity contribution in [3.05, 3.63) is 59.4 Å². The minimum atomic E-state index is 0.190. The number of allylic oxidation sites excluding steroid dienone is 1.